The van der Waals surface area contributed by atoms with Crippen LogP contribution in [0.5, 0.6) is 0 Å². The Labute approximate surface area is 128 Å². The number of aromatic nitrogens is 3. The number of nitrogens with one attached hydrogen (secondary N) is 1. The van der Waals surface area contributed by atoms with E-state index in [-0.39, 0.29) is 11.1 Å². The summed E-state index contributed by atoms with van der Waals surface area (Å²) in [5.74, 6) is -1.20. The summed E-state index contributed by atoms with van der Waals surface area (Å²) in [4.78, 5) is 28.5. The van der Waals surface area contributed by atoms with Crippen LogP contribution < -0.4 is 10.7 Å². The van der Waals surface area contributed by atoms with E-state index in [2.05, 4.69) is 15.4 Å². The molecule has 0 spiro atoms. The number of rotatable bonds is 3. The van der Waals surface area contributed by atoms with Crippen LogP contribution in [0.4, 0.5) is 9.52 Å². The third-order valence-electron chi connectivity index (χ3n) is 3.08. The molecule has 0 fully saturated rings. The van der Waals surface area contributed by atoms with Gasteiger partial charge in [0.25, 0.3) is 5.91 Å². The lowest BCUT2D eigenvalue weighted by molar-refractivity contribution is 0.101. The average molecular weight is 318 g/mol. The standard InChI is InChI=1S/C14H11FN4O2S/c1-2-19-10-4-3-8(15)7-9(10)12(20)11(18-19)13(21)17-14-16-5-6-22-14/h3-7H,2H2,1H3,(H,16,17,21). The third kappa shape index (κ3) is 2.48. The molecule has 3 aromatic rings. The van der Waals surface area contributed by atoms with Gasteiger partial charge in [-0.3, -0.25) is 19.6 Å². The normalized spacial score (nSPS) is 10.8. The Morgan fingerprint density at radius 1 is 1.45 bits per heavy atom. The smallest absolute Gasteiger partial charge is 0.281 e. The zero-order valence-corrected chi connectivity index (χ0v) is 12.4. The number of aryl methyl sites for hydroxylation is 1. The van der Waals surface area contributed by atoms with Crippen molar-refractivity contribution in [2.75, 3.05) is 5.32 Å². The van der Waals surface area contributed by atoms with Crippen LogP contribution in [0.1, 0.15) is 17.4 Å². The highest BCUT2D eigenvalue weighted by atomic mass is 32.1. The molecule has 0 saturated carbocycles. The number of benzene rings is 1. The van der Waals surface area contributed by atoms with Crippen LogP contribution >= 0.6 is 11.3 Å². The van der Waals surface area contributed by atoms with Gasteiger partial charge in [-0.2, -0.15) is 5.10 Å². The Morgan fingerprint density at radius 3 is 2.95 bits per heavy atom. The summed E-state index contributed by atoms with van der Waals surface area (Å²) in [7, 11) is 0. The zero-order chi connectivity index (χ0) is 15.7. The molecule has 8 heteroatoms. The van der Waals surface area contributed by atoms with E-state index in [9.17, 15) is 14.0 Å². The van der Waals surface area contributed by atoms with Crippen molar-refractivity contribution in [3.8, 4) is 0 Å². The van der Waals surface area contributed by atoms with Gasteiger partial charge in [0, 0.05) is 18.1 Å². The predicted octanol–water partition coefficient (Wildman–Crippen LogP) is 2.26. The number of fused-ring (bicyclic) bond motifs is 1. The van der Waals surface area contributed by atoms with Crippen molar-refractivity contribution >= 4 is 33.3 Å². The first-order chi connectivity index (χ1) is 10.6. The lowest BCUT2D eigenvalue weighted by Gasteiger charge is -2.09. The number of carbonyl (C=O) groups excluding carboxylic acids is 1. The summed E-state index contributed by atoms with van der Waals surface area (Å²) in [6.45, 7) is 2.27. The van der Waals surface area contributed by atoms with Gasteiger partial charge in [0.1, 0.15) is 5.82 Å². The minimum absolute atomic E-state index is 0.126. The van der Waals surface area contributed by atoms with E-state index in [1.165, 1.54) is 34.3 Å². The van der Waals surface area contributed by atoms with Gasteiger partial charge in [-0.1, -0.05) is 0 Å². The topological polar surface area (TPSA) is 76.9 Å². The van der Waals surface area contributed by atoms with Crippen molar-refractivity contribution in [1.29, 1.82) is 0 Å². The molecule has 0 unspecified atom stereocenters. The number of halogens is 1. The molecular weight excluding hydrogens is 307 g/mol. The average Bonchev–Trinajstić information content (AvgIpc) is 3.01. The minimum atomic E-state index is -0.659. The highest BCUT2D eigenvalue weighted by Gasteiger charge is 2.18. The minimum Gasteiger partial charge on any atom is -0.296 e. The molecule has 0 aliphatic heterocycles. The van der Waals surface area contributed by atoms with E-state index in [1.54, 1.807) is 5.38 Å². The summed E-state index contributed by atoms with van der Waals surface area (Å²) in [6, 6.07) is 3.85. The molecular formula is C14H11FN4O2S. The number of thiazole rings is 1. The molecule has 2 aromatic heterocycles. The summed E-state index contributed by atoms with van der Waals surface area (Å²) in [6.07, 6.45) is 1.54. The second-order valence-corrected chi connectivity index (χ2v) is 5.34. The molecule has 1 amide bonds. The first-order valence-corrected chi connectivity index (χ1v) is 7.39. The fourth-order valence-electron chi connectivity index (χ4n) is 2.09. The molecule has 112 valence electrons. The van der Waals surface area contributed by atoms with Crippen LogP contribution in [-0.4, -0.2) is 20.7 Å². The summed E-state index contributed by atoms with van der Waals surface area (Å²) in [5, 5.41) is 8.78. The van der Waals surface area contributed by atoms with Crippen molar-refractivity contribution in [2.45, 2.75) is 13.5 Å². The highest BCUT2D eigenvalue weighted by Crippen LogP contribution is 2.14. The van der Waals surface area contributed by atoms with E-state index >= 15 is 0 Å². The Bertz CT molecular complexity index is 905. The van der Waals surface area contributed by atoms with Gasteiger partial charge in [-0.05, 0) is 25.1 Å². The maximum atomic E-state index is 13.4. The number of anilines is 1. The van der Waals surface area contributed by atoms with Crippen molar-refractivity contribution < 1.29 is 9.18 Å². The number of hydrogen-bond acceptors (Lipinski definition) is 5. The van der Waals surface area contributed by atoms with Crippen LogP contribution in [0.25, 0.3) is 10.9 Å². The number of amides is 1. The van der Waals surface area contributed by atoms with Crippen LogP contribution in [0.15, 0.2) is 34.6 Å². The molecule has 1 aromatic carbocycles. The predicted molar refractivity (Wildman–Crippen MR) is 81.7 cm³/mol. The molecule has 22 heavy (non-hydrogen) atoms. The first-order valence-electron chi connectivity index (χ1n) is 6.51. The molecule has 0 atom stereocenters. The maximum absolute atomic E-state index is 13.4. The van der Waals surface area contributed by atoms with Crippen LogP contribution in [0.2, 0.25) is 0 Å². The number of hydrogen-bond donors (Lipinski definition) is 1. The largest absolute Gasteiger partial charge is 0.296 e. The van der Waals surface area contributed by atoms with Crippen molar-refractivity contribution in [2.24, 2.45) is 0 Å². The lowest BCUT2D eigenvalue weighted by atomic mass is 10.2. The Kier molecular flexibility index (Phi) is 3.68. The molecule has 1 N–H and O–H groups in total. The quantitative estimate of drug-likeness (QED) is 0.803. The van der Waals surface area contributed by atoms with Crippen molar-refractivity contribution in [3.05, 3.63) is 51.5 Å². The van der Waals surface area contributed by atoms with Gasteiger partial charge >= 0.3 is 0 Å². The van der Waals surface area contributed by atoms with Gasteiger partial charge < -0.3 is 0 Å². The second-order valence-electron chi connectivity index (χ2n) is 4.45. The first kappa shape index (κ1) is 14.3. The molecule has 0 bridgehead atoms. The molecule has 6 nitrogen and oxygen atoms in total. The summed E-state index contributed by atoms with van der Waals surface area (Å²) in [5.41, 5.74) is -0.400. The fourth-order valence-corrected chi connectivity index (χ4v) is 2.62. The molecule has 0 aliphatic rings. The molecule has 0 radical (unpaired) electrons. The summed E-state index contributed by atoms with van der Waals surface area (Å²) < 4.78 is 14.9. The van der Waals surface area contributed by atoms with E-state index in [0.29, 0.717) is 17.2 Å². The van der Waals surface area contributed by atoms with E-state index in [0.717, 1.165) is 6.07 Å². The molecule has 0 aliphatic carbocycles. The van der Waals surface area contributed by atoms with Gasteiger partial charge in [-0.15, -0.1) is 11.3 Å². The van der Waals surface area contributed by atoms with Crippen molar-refractivity contribution in [3.63, 3.8) is 0 Å². The fraction of sp³-hybridized carbons (Fsp3) is 0.143. The van der Waals surface area contributed by atoms with E-state index in [1.807, 2.05) is 6.92 Å². The summed E-state index contributed by atoms with van der Waals surface area (Å²) >= 11 is 1.23. The Balaban J connectivity index is 2.15. The van der Waals surface area contributed by atoms with Crippen molar-refractivity contribution in [1.82, 2.24) is 14.8 Å². The third-order valence-corrected chi connectivity index (χ3v) is 3.77. The van der Waals surface area contributed by atoms with E-state index in [4.69, 9.17) is 0 Å². The number of nitrogens with zero attached hydrogens (tertiary/aromatic N) is 3. The molecule has 2 heterocycles. The lowest BCUT2D eigenvalue weighted by Crippen LogP contribution is -2.27. The monoisotopic (exact) mass is 318 g/mol. The SMILES string of the molecule is CCn1nc(C(=O)Nc2nccs2)c(=O)c2cc(F)ccc21. The van der Waals surface area contributed by atoms with E-state index < -0.39 is 17.2 Å². The van der Waals surface area contributed by atoms with Crippen LogP contribution in [-0.2, 0) is 6.54 Å². The maximum Gasteiger partial charge on any atom is 0.281 e. The molecule has 0 saturated heterocycles. The van der Waals surface area contributed by atoms with Gasteiger partial charge in [-0.25, -0.2) is 9.37 Å². The molecule has 3 rings (SSSR count). The van der Waals surface area contributed by atoms with Crippen LogP contribution in [0, 0.1) is 5.82 Å². The van der Waals surface area contributed by atoms with Gasteiger partial charge in [0.15, 0.2) is 10.8 Å². The second kappa shape index (κ2) is 5.64. The van der Waals surface area contributed by atoms with Gasteiger partial charge in [0.2, 0.25) is 5.43 Å². The Morgan fingerprint density at radius 2 is 2.27 bits per heavy atom. The zero-order valence-electron chi connectivity index (χ0n) is 11.5. The van der Waals surface area contributed by atoms with Gasteiger partial charge in [0.05, 0.1) is 10.9 Å². The Hall–Kier alpha value is -2.61. The number of carbonyl (C=O) groups is 1. The highest BCUT2D eigenvalue weighted by molar-refractivity contribution is 7.13. The van der Waals surface area contributed by atoms with Crippen LogP contribution in [0.3, 0.4) is 0 Å².